The molecule has 0 saturated heterocycles. The summed E-state index contributed by atoms with van der Waals surface area (Å²) >= 11 is 0. The molecular weight excluding hydrogens is 216 g/mol. The van der Waals surface area contributed by atoms with Crippen LogP contribution in [0.5, 0.6) is 0 Å². The Bertz CT molecular complexity index is 458. The third-order valence-electron chi connectivity index (χ3n) is 4.03. The number of carbonyl (C=O) groups is 1. The Morgan fingerprint density at radius 3 is 2.40 bits per heavy atom. The Morgan fingerprint density at radius 1 is 1.47 bits per heavy atom. The summed E-state index contributed by atoms with van der Waals surface area (Å²) in [6, 6.07) is 0. The quantitative estimate of drug-likeness (QED) is 0.723. The SMILES string of the molecule is CC1(C)C2=CC(=O)C1(CS(=O)(=O)O)CC2. The molecule has 1 N–H and O–H groups in total. The van der Waals surface area contributed by atoms with Gasteiger partial charge in [-0.25, -0.2) is 0 Å². The van der Waals surface area contributed by atoms with Gasteiger partial charge in [0, 0.05) is 0 Å². The second-order valence-electron chi connectivity index (χ2n) is 4.97. The predicted octanol–water partition coefficient (Wildman–Crippen LogP) is 1.19. The largest absolute Gasteiger partial charge is 0.294 e. The highest BCUT2D eigenvalue weighted by Gasteiger charge is 2.61. The van der Waals surface area contributed by atoms with Gasteiger partial charge in [-0.2, -0.15) is 8.42 Å². The molecule has 0 aromatic rings. The van der Waals surface area contributed by atoms with Crippen molar-refractivity contribution in [1.82, 2.24) is 0 Å². The maximum absolute atomic E-state index is 11.8. The van der Waals surface area contributed by atoms with Crippen LogP contribution in [0, 0.1) is 10.8 Å². The number of hydrogen-bond donors (Lipinski definition) is 1. The number of hydrogen-bond acceptors (Lipinski definition) is 3. The average molecular weight is 230 g/mol. The first-order valence-corrected chi connectivity index (χ1v) is 6.51. The van der Waals surface area contributed by atoms with E-state index in [9.17, 15) is 13.2 Å². The Morgan fingerprint density at radius 2 is 2.07 bits per heavy atom. The standard InChI is InChI=1S/C10H14O4S/c1-9(2)7-3-4-10(9,8(11)5-7)6-15(12,13)14/h5H,3-4,6H2,1-2H3,(H,12,13,14). The maximum atomic E-state index is 11.8. The van der Waals surface area contributed by atoms with Gasteiger partial charge in [-0.3, -0.25) is 9.35 Å². The molecule has 0 radical (unpaired) electrons. The van der Waals surface area contributed by atoms with Gasteiger partial charge in [-0.05, 0) is 24.3 Å². The van der Waals surface area contributed by atoms with E-state index in [1.807, 2.05) is 13.8 Å². The monoisotopic (exact) mass is 230 g/mol. The molecule has 2 aliphatic carbocycles. The number of ketones is 1. The van der Waals surface area contributed by atoms with Crippen LogP contribution < -0.4 is 0 Å². The Kier molecular flexibility index (Phi) is 1.95. The fourth-order valence-electron chi connectivity index (χ4n) is 2.90. The molecule has 2 aliphatic rings. The van der Waals surface area contributed by atoms with E-state index in [4.69, 9.17) is 4.55 Å². The van der Waals surface area contributed by atoms with Crippen molar-refractivity contribution in [3.63, 3.8) is 0 Å². The normalized spacial score (nSPS) is 33.3. The summed E-state index contributed by atoms with van der Waals surface area (Å²) in [5, 5.41) is 0. The van der Waals surface area contributed by atoms with Crippen molar-refractivity contribution in [3.8, 4) is 0 Å². The van der Waals surface area contributed by atoms with E-state index in [1.165, 1.54) is 0 Å². The van der Waals surface area contributed by atoms with Crippen molar-refractivity contribution >= 4 is 15.9 Å². The zero-order valence-corrected chi connectivity index (χ0v) is 9.60. The van der Waals surface area contributed by atoms with E-state index in [2.05, 4.69) is 0 Å². The van der Waals surface area contributed by atoms with Crippen LogP contribution in [-0.4, -0.2) is 24.5 Å². The van der Waals surface area contributed by atoms with Gasteiger partial charge in [0.05, 0.1) is 11.2 Å². The molecule has 84 valence electrons. The van der Waals surface area contributed by atoms with Crippen LogP contribution in [0.15, 0.2) is 11.6 Å². The van der Waals surface area contributed by atoms with E-state index in [0.717, 1.165) is 12.0 Å². The fraction of sp³-hybridized carbons (Fsp3) is 0.700. The summed E-state index contributed by atoms with van der Waals surface area (Å²) in [6.45, 7) is 3.75. The lowest BCUT2D eigenvalue weighted by Crippen LogP contribution is -2.42. The molecule has 0 heterocycles. The van der Waals surface area contributed by atoms with Gasteiger partial charge >= 0.3 is 0 Å². The van der Waals surface area contributed by atoms with Gasteiger partial charge in [0.1, 0.15) is 0 Å². The number of allylic oxidation sites excluding steroid dienone is 2. The number of carbonyl (C=O) groups excluding carboxylic acids is 1. The molecule has 5 heteroatoms. The second-order valence-corrected chi connectivity index (χ2v) is 6.42. The number of fused-ring (bicyclic) bond motifs is 2. The topological polar surface area (TPSA) is 71.4 Å². The van der Waals surface area contributed by atoms with E-state index in [0.29, 0.717) is 6.42 Å². The molecule has 0 spiro atoms. The lowest BCUT2D eigenvalue weighted by atomic mass is 9.70. The minimum atomic E-state index is -4.11. The van der Waals surface area contributed by atoms with E-state index in [-0.39, 0.29) is 5.78 Å². The molecule has 1 atom stereocenters. The third-order valence-corrected chi connectivity index (χ3v) is 4.88. The molecule has 4 nitrogen and oxygen atoms in total. The Balaban J connectivity index is 2.49. The molecule has 0 aromatic heterocycles. The minimum absolute atomic E-state index is 0.147. The molecule has 0 aromatic carbocycles. The maximum Gasteiger partial charge on any atom is 0.265 e. The lowest BCUT2D eigenvalue weighted by Gasteiger charge is -2.34. The smallest absolute Gasteiger partial charge is 0.265 e. The van der Waals surface area contributed by atoms with Crippen LogP contribution in [0.4, 0.5) is 0 Å². The van der Waals surface area contributed by atoms with Crippen molar-refractivity contribution in [1.29, 1.82) is 0 Å². The molecule has 0 aliphatic heterocycles. The van der Waals surface area contributed by atoms with E-state index in [1.54, 1.807) is 6.08 Å². The molecule has 2 bridgehead atoms. The molecule has 1 unspecified atom stereocenters. The molecule has 15 heavy (non-hydrogen) atoms. The van der Waals surface area contributed by atoms with Crippen LogP contribution in [0.2, 0.25) is 0 Å². The van der Waals surface area contributed by atoms with Crippen LogP contribution in [-0.2, 0) is 14.9 Å². The first-order valence-electron chi connectivity index (χ1n) is 4.90. The lowest BCUT2D eigenvalue weighted by molar-refractivity contribution is -0.125. The van der Waals surface area contributed by atoms with Gasteiger partial charge in [-0.15, -0.1) is 0 Å². The molecule has 0 amide bonds. The molecule has 1 fully saturated rings. The number of rotatable bonds is 2. The molecular formula is C10H14O4S. The van der Waals surface area contributed by atoms with Gasteiger partial charge in [0.15, 0.2) is 5.78 Å². The van der Waals surface area contributed by atoms with Gasteiger partial charge in [0.2, 0.25) is 0 Å². The third kappa shape index (κ3) is 1.29. The molecule has 2 rings (SSSR count). The van der Waals surface area contributed by atoms with E-state index < -0.39 is 26.7 Å². The predicted molar refractivity (Wildman–Crippen MR) is 55.0 cm³/mol. The fourth-order valence-corrected chi connectivity index (χ4v) is 4.17. The van der Waals surface area contributed by atoms with Crippen LogP contribution >= 0.6 is 0 Å². The van der Waals surface area contributed by atoms with Crippen molar-refractivity contribution in [2.45, 2.75) is 26.7 Å². The first-order chi connectivity index (χ1) is 6.69. The van der Waals surface area contributed by atoms with E-state index >= 15 is 0 Å². The Hall–Kier alpha value is -0.680. The zero-order valence-electron chi connectivity index (χ0n) is 8.78. The first kappa shape index (κ1) is 10.8. The van der Waals surface area contributed by atoms with Crippen LogP contribution in [0.3, 0.4) is 0 Å². The highest BCUT2D eigenvalue weighted by Crippen LogP contribution is 2.61. The summed E-state index contributed by atoms with van der Waals surface area (Å²) in [4.78, 5) is 11.8. The minimum Gasteiger partial charge on any atom is -0.294 e. The van der Waals surface area contributed by atoms with Gasteiger partial charge in [-0.1, -0.05) is 19.4 Å². The highest BCUT2D eigenvalue weighted by atomic mass is 32.2. The van der Waals surface area contributed by atoms with Crippen molar-refractivity contribution in [2.24, 2.45) is 10.8 Å². The Labute approximate surface area is 89.1 Å². The summed E-state index contributed by atoms with van der Waals surface area (Å²) in [5.74, 6) is -0.599. The summed E-state index contributed by atoms with van der Waals surface area (Å²) in [7, 11) is -4.11. The highest BCUT2D eigenvalue weighted by molar-refractivity contribution is 7.85. The van der Waals surface area contributed by atoms with Crippen molar-refractivity contribution in [2.75, 3.05) is 5.75 Å². The van der Waals surface area contributed by atoms with Crippen molar-refractivity contribution < 1.29 is 17.8 Å². The van der Waals surface area contributed by atoms with Gasteiger partial charge in [0.25, 0.3) is 10.1 Å². The molecule has 1 saturated carbocycles. The summed E-state index contributed by atoms with van der Waals surface area (Å²) in [6.07, 6.45) is 2.84. The van der Waals surface area contributed by atoms with Crippen LogP contribution in [0.25, 0.3) is 0 Å². The average Bonchev–Trinajstić information content (AvgIpc) is 2.34. The van der Waals surface area contributed by atoms with Crippen molar-refractivity contribution in [3.05, 3.63) is 11.6 Å². The van der Waals surface area contributed by atoms with Crippen LogP contribution in [0.1, 0.15) is 26.7 Å². The zero-order chi connectivity index (χ0) is 11.5. The summed E-state index contributed by atoms with van der Waals surface area (Å²) < 4.78 is 30.9. The van der Waals surface area contributed by atoms with Gasteiger partial charge < -0.3 is 0 Å². The summed E-state index contributed by atoms with van der Waals surface area (Å²) in [5.41, 5.74) is -0.341. The second kappa shape index (κ2) is 2.71.